The van der Waals surface area contributed by atoms with Gasteiger partial charge in [-0.15, -0.1) is 0 Å². The summed E-state index contributed by atoms with van der Waals surface area (Å²) in [5.74, 6) is -0.944. The van der Waals surface area contributed by atoms with Crippen molar-refractivity contribution in [2.45, 2.75) is 6.92 Å². The van der Waals surface area contributed by atoms with Crippen LogP contribution in [0, 0.1) is 5.92 Å². The summed E-state index contributed by atoms with van der Waals surface area (Å²) in [6.07, 6.45) is 0. The second-order valence-electron chi connectivity index (χ2n) is 3.62. The van der Waals surface area contributed by atoms with Crippen LogP contribution >= 0.6 is 0 Å². The van der Waals surface area contributed by atoms with Crippen molar-refractivity contribution >= 4 is 11.7 Å². The highest BCUT2D eigenvalue weighted by molar-refractivity contribution is 5.96. The van der Waals surface area contributed by atoms with Gasteiger partial charge in [0, 0.05) is 18.2 Å². The predicted molar refractivity (Wildman–Crippen MR) is 59.6 cm³/mol. The number of aliphatic hydroxyl groups excluding tert-OH is 1. The fourth-order valence-electron chi connectivity index (χ4n) is 1.18. The first-order valence-electron chi connectivity index (χ1n) is 4.91. The minimum atomic E-state index is -1.12. The lowest BCUT2D eigenvalue weighted by atomic mass is 10.1. The lowest BCUT2D eigenvalue weighted by molar-refractivity contribution is 0.0692. The molecule has 0 fully saturated rings. The van der Waals surface area contributed by atoms with Crippen molar-refractivity contribution in [1.82, 2.24) is 0 Å². The summed E-state index contributed by atoms with van der Waals surface area (Å²) in [5.41, 5.74) is 5.68. The Morgan fingerprint density at radius 3 is 2.81 bits per heavy atom. The standard InChI is InChI=1S/C11H15NO4/c1-7(5-13)6-16-9-4-2-3-8(12)10(9)11(14)15/h2-4,7,13H,5-6,12H2,1H3,(H,14,15). The molecule has 88 valence electrons. The van der Waals surface area contributed by atoms with Gasteiger partial charge in [0.2, 0.25) is 0 Å². The minimum absolute atomic E-state index is 0.00921. The van der Waals surface area contributed by atoms with Gasteiger partial charge >= 0.3 is 5.97 Å². The van der Waals surface area contributed by atoms with E-state index < -0.39 is 5.97 Å². The molecular formula is C11H15NO4. The van der Waals surface area contributed by atoms with E-state index in [-0.39, 0.29) is 36.1 Å². The van der Waals surface area contributed by atoms with Crippen molar-refractivity contribution in [3.8, 4) is 5.75 Å². The molecule has 0 aromatic heterocycles. The maximum Gasteiger partial charge on any atom is 0.341 e. The van der Waals surface area contributed by atoms with Gasteiger partial charge < -0.3 is 20.7 Å². The molecule has 0 heterocycles. The summed E-state index contributed by atoms with van der Waals surface area (Å²) in [6, 6.07) is 4.68. The SMILES string of the molecule is CC(CO)COc1cccc(N)c1C(=O)O. The van der Waals surface area contributed by atoms with E-state index in [4.69, 9.17) is 20.7 Å². The largest absolute Gasteiger partial charge is 0.492 e. The number of hydrogen-bond acceptors (Lipinski definition) is 4. The van der Waals surface area contributed by atoms with Gasteiger partial charge in [0.1, 0.15) is 11.3 Å². The Morgan fingerprint density at radius 1 is 1.56 bits per heavy atom. The fraction of sp³-hybridized carbons (Fsp3) is 0.364. The molecule has 1 aromatic carbocycles. The van der Waals surface area contributed by atoms with Gasteiger partial charge in [-0.3, -0.25) is 0 Å². The number of hydrogen-bond donors (Lipinski definition) is 3. The van der Waals surface area contributed by atoms with Crippen molar-refractivity contribution < 1.29 is 19.7 Å². The third-order valence-electron chi connectivity index (χ3n) is 2.11. The zero-order chi connectivity index (χ0) is 12.1. The zero-order valence-corrected chi connectivity index (χ0v) is 9.01. The van der Waals surface area contributed by atoms with Crippen LogP contribution in [-0.2, 0) is 0 Å². The van der Waals surface area contributed by atoms with Gasteiger partial charge in [-0.25, -0.2) is 4.79 Å². The predicted octanol–water partition coefficient (Wildman–Crippen LogP) is 0.974. The first-order valence-corrected chi connectivity index (χ1v) is 4.91. The second kappa shape index (κ2) is 5.37. The minimum Gasteiger partial charge on any atom is -0.492 e. The van der Waals surface area contributed by atoms with Gasteiger partial charge in [-0.1, -0.05) is 13.0 Å². The van der Waals surface area contributed by atoms with Crippen LogP contribution in [0.3, 0.4) is 0 Å². The molecule has 0 saturated heterocycles. The Morgan fingerprint density at radius 2 is 2.25 bits per heavy atom. The van der Waals surface area contributed by atoms with Crippen LogP contribution in [0.4, 0.5) is 5.69 Å². The number of aromatic carboxylic acids is 1. The molecule has 0 bridgehead atoms. The maximum atomic E-state index is 10.9. The van der Waals surface area contributed by atoms with Gasteiger partial charge in [0.05, 0.1) is 6.61 Å². The van der Waals surface area contributed by atoms with Crippen molar-refractivity contribution in [3.63, 3.8) is 0 Å². The number of anilines is 1. The Balaban J connectivity index is 2.87. The summed E-state index contributed by atoms with van der Waals surface area (Å²) in [6.45, 7) is 2.04. The zero-order valence-electron chi connectivity index (χ0n) is 9.01. The van der Waals surface area contributed by atoms with E-state index >= 15 is 0 Å². The molecule has 16 heavy (non-hydrogen) atoms. The van der Waals surface area contributed by atoms with E-state index in [0.29, 0.717) is 0 Å². The van der Waals surface area contributed by atoms with Crippen LogP contribution in [-0.4, -0.2) is 29.4 Å². The number of ether oxygens (including phenoxy) is 1. The lowest BCUT2D eigenvalue weighted by Crippen LogP contribution is -2.14. The highest BCUT2D eigenvalue weighted by Gasteiger charge is 2.15. The molecule has 5 nitrogen and oxygen atoms in total. The normalized spacial score (nSPS) is 12.1. The summed E-state index contributed by atoms with van der Waals surface area (Å²) in [4.78, 5) is 10.9. The monoisotopic (exact) mass is 225 g/mol. The van der Waals surface area contributed by atoms with Crippen LogP contribution in [0.2, 0.25) is 0 Å². The molecule has 0 aliphatic heterocycles. The number of aliphatic hydroxyl groups is 1. The maximum absolute atomic E-state index is 10.9. The van der Waals surface area contributed by atoms with Crippen molar-refractivity contribution in [1.29, 1.82) is 0 Å². The van der Waals surface area contributed by atoms with E-state index in [0.717, 1.165) is 0 Å². The van der Waals surface area contributed by atoms with Gasteiger partial charge in [-0.2, -0.15) is 0 Å². The molecule has 1 aromatic rings. The van der Waals surface area contributed by atoms with E-state index in [1.165, 1.54) is 6.07 Å². The van der Waals surface area contributed by atoms with Gasteiger partial charge in [-0.05, 0) is 12.1 Å². The second-order valence-corrected chi connectivity index (χ2v) is 3.62. The van der Waals surface area contributed by atoms with E-state index in [2.05, 4.69) is 0 Å². The number of nitrogens with two attached hydrogens (primary N) is 1. The summed E-state index contributed by atoms with van der Waals surface area (Å²) in [5, 5.41) is 17.8. The number of carbonyl (C=O) groups is 1. The highest BCUT2D eigenvalue weighted by Crippen LogP contribution is 2.24. The molecular weight excluding hydrogens is 210 g/mol. The molecule has 0 aliphatic carbocycles. The smallest absolute Gasteiger partial charge is 0.341 e. The molecule has 0 spiro atoms. The molecule has 0 saturated carbocycles. The van der Waals surface area contributed by atoms with Crippen LogP contribution in [0.15, 0.2) is 18.2 Å². The summed E-state index contributed by atoms with van der Waals surface area (Å²) < 4.78 is 5.31. The van der Waals surface area contributed by atoms with Crippen molar-refractivity contribution in [2.75, 3.05) is 18.9 Å². The summed E-state index contributed by atoms with van der Waals surface area (Å²) in [7, 11) is 0. The third kappa shape index (κ3) is 2.87. The molecule has 1 atom stereocenters. The van der Waals surface area contributed by atoms with Crippen LogP contribution in [0.25, 0.3) is 0 Å². The molecule has 0 amide bonds. The number of benzene rings is 1. The van der Waals surface area contributed by atoms with Crippen LogP contribution in [0.1, 0.15) is 17.3 Å². The molecule has 5 heteroatoms. The van der Waals surface area contributed by atoms with E-state index in [9.17, 15) is 4.79 Å². The molecule has 0 radical (unpaired) electrons. The molecule has 4 N–H and O–H groups in total. The average Bonchev–Trinajstić information content (AvgIpc) is 2.25. The van der Waals surface area contributed by atoms with Crippen molar-refractivity contribution in [3.05, 3.63) is 23.8 Å². The fourth-order valence-corrected chi connectivity index (χ4v) is 1.18. The molecule has 1 unspecified atom stereocenters. The van der Waals surface area contributed by atoms with Gasteiger partial charge in [0.15, 0.2) is 0 Å². The van der Waals surface area contributed by atoms with Crippen LogP contribution in [0.5, 0.6) is 5.75 Å². The Bertz CT molecular complexity index is 378. The highest BCUT2D eigenvalue weighted by atomic mass is 16.5. The Labute approximate surface area is 93.5 Å². The average molecular weight is 225 g/mol. The third-order valence-corrected chi connectivity index (χ3v) is 2.11. The topological polar surface area (TPSA) is 92.8 Å². The Hall–Kier alpha value is -1.75. The quantitative estimate of drug-likeness (QED) is 0.649. The van der Waals surface area contributed by atoms with E-state index in [1.54, 1.807) is 19.1 Å². The lowest BCUT2D eigenvalue weighted by Gasteiger charge is -2.13. The first kappa shape index (κ1) is 12.3. The van der Waals surface area contributed by atoms with E-state index in [1.807, 2.05) is 0 Å². The van der Waals surface area contributed by atoms with Crippen LogP contribution < -0.4 is 10.5 Å². The summed E-state index contributed by atoms with van der Waals surface area (Å²) >= 11 is 0. The number of rotatable bonds is 5. The molecule has 0 aliphatic rings. The Kier molecular flexibility index (Phi) is 4.13. The number of nitrogen functional groups attached to an aromatic ring is 1. The van der Waals surface area contributed by atoms with Gasteiger partial charge in [0.25, 0.3) is 0 Å². The first-order chi connectivity index (χ1) is 7.56. The van der Waals surface area contributed by atoms with Crippen molar-refractivity contribution in [2.24, 2.45) is 5.92 Å². The number of carboxylic acids is 1. The number of carboxylic acid groups (broad SMARTS) is 1. The molecule has 1 rings (SSSR count).